The predicted molar refractivity (Wildman–Crippen MR) is 71.7 cm³/mol. The van der Waals surface area contributed by atoms with E-state index in [1.54, 1.807) is 6.07 Å². The average Bonchev–Trinajstić information content (AvgIpc) is 2.38. The van der Waals surface area contributed by atoms with Crippen molar-refractivity contribution in [2.75, 3.05) is 6.54 Å². The molecule has 2 atom stereocenters. The molecule has 90 valence electrons. The van der Waals surface area contributed by atoms with E-state index in [0.717, 1.165) is 15.2 Å². The van der Waals surface area contributed by atoms with Crippen LogP contribution in [0.4, 0.5) is 0 Å². The zero-order valence-corrected chi connectivity index (χ0v) is 10.8. The Balaban J connectivity index is 2.52. The van der Waals surface area contributed by atoms with Crippen molar-refractivity contribution in [3.05, 3.63) is 46.4 Å². The van der Waals surface area contributed by atoms with Crippen LogP contribution in [0.5, 0.6) is 0 Å². The molecule has 0 heterocycles. The lowest BCUT2D eigenvalue weighted by atomic mass is 10.0. The number of fused-ring (bicyclic) bond motifs is 1. The fourth-order valence-electron chi connectivity index (χ4n) is 1.82. The Hall–Kier alpha value is -0.940. The summed E-state index contributed by atoms with van der Waals surface area (Å²) >= 11 is 3.47. The molecule has 0 fully saturated rings. The van der Waals surface area contributed by atoms with Gasteiger partial charge in [-0.15, -0.1) is 0 Å². The maximum atomic E-state index is 9.97. The summed E-state index contributed by atoms with van der Waals surface area (Å²) < 4.78 is 0.801. The van der Waals surface area contributed by atoms with Crippen LogP contribution in [0.3, 0.4) is 0 Å². The standard InChI is InChI=1S/C13H14BrNO2/c14-12-9-4-2-1-3-8(9)5-6-10(12)13(17)11(16)7-15/h1-6,11,13,16-17H,7,15H2. The molecular weight excluding hydrogens is 282 g/mol. The van der Waals surface area contributed by atoms with E-state index in [9.17, 15) is 10.2 Å². The third kappa shape index (κ3) is 2.35. The molecule has 4 N–H and O–H groups in total. The Kier molecular flexibility index (Phi) is 3.79. The van der Waals surface area contributed by atoms with Gasteiger partial charge in [-0.3, -0.25) is 0 Å². The summed E-state index contributed by atoms with van der Waals surface area (Å²) in [5.74, 6) is 0. The van der Waals surface area contributed by atoms with Crippen molar-refractivity contribution in [3.63, 3.8) is 0 Å². The number of halogens is 1. The smallest absolute Gasteiger partial charge is 0.107 e. The first kappa shape index (κ1) is 12.5. The lowest BCUT2D eigenvalue weighted by Crippen LogP contribution is -2.27. The van der Waals surface area contributed by atoms with Gasteiger partial charge in [0.15, 0.2) is 0 Å². The first-order chi connectivity index (χ1) is 8.15. The van der Waals surface area contributed by atoms with Gasteiger partial charge in [0.05, 0.1) is 6.10 Å². The SMILES string of the molecule is NCC(O)C(O)c1ccc2ccccc2c1Br. The van der Waals surface area contributed by atoms with Crippen LogP contribution in [0, 0.1) is 0 Å². The summed E-state index contributed by atoms with van der Waals surface area (Å²) in [7, 11) is 0. The van der Waals surface area contributed by atoms with Crippen molar-refractivity contribution >= 4 is 26.7 Å². The highest BCUT2D eigenvalue weighted by Crippen LogP contribution is 2.32. The molecule has 0 aliphatic carbocycles. The molecule has 0 aliphatic rings. The molecule has 0 saturated carbocycles. The van der Waals surface area contributed by atoms with Crippen LogP contribution in [0.15, 0.2) is 40.9 Å². The quantitative estimate of drug-likeness (QED) is 0.811. The Morgan fingerprint density at radius 2 is 1.82 bits per heavy atom. The lowest BCUT2D eigenvalue weighted by molar-refractivity contribution is 0.0240. The van der Waals surface area contributed by atoms with Crippen molar-refractivity contribution in [2.45, 2.75) is 12.2 Å². The van der Waals surface area contributed by atoms with Gasteiger partial charge in [-0.2, -0.15) is 0 Å². The molecule has 0 aliphatic heterocycles. The van der Waals surface area contributed by atoms with E-state index in [0.29, 0.717) is 5.56 Å². The molecule has 0 bridgehead atoms. The lowest BCUT2D eigenvalue weighted by Gasteiger charge is -2.18. The zero-order valence-electron chi connectivity index (χ0n) is 9.18. The number of aliphatic hydroxyl groups is 2. The summed E-state index contributed by atoms with van der Waals surface area (Å²) in [6, 6.07) is 11.6. The van der Waals surface area contributed by atoms with Gasteiger partial charge in [0.2, 0.25) is 0 Å². The monoisotopic (exact) mass is 295 g/mol. The Morgan fingerprint density at radius 3 is 2.53 bits per heavy atom. The molecule has 0 radical (unpaired) electrons. The summed E-state index contributed by atoms with van der Waals surface area (Å²) in [6.07, 6.45) is -1.92. The molecular formula is C13H14BrNO2. The molecule has 0 saturated heterocycles. The van der Waals surface area contributed by atoms with E-state index in [1.165, 1.54) is 0 Å². The van der Waals surface area contributed by atoms with E-state index in [2.05, 4.69) is 15.9 Å². The number of benzene rings is 2. The van der Waals surface area contributed by atoms with E-state index >= 15 is 0 Å². The van der Waals surface area contributed by atoms with Gasteiger partial charge in [0.25, 0.3) is 0 Å². The first-order valence-corrected chi connectivity index (χ1v) is 6.17. The Morgan fingerprint density at radius 1 is 1.12 bits per heavy atom. The van der Waals surface area contributed by atoms with Crippen LogP contribution in [0.1, 0.15) is 11.7 Å². The minimum Gasteiger partial charge on any atom is -0.389 e. The second kappa shape index (κ2) is 5.14. The zero-order chi connectivity index (χ0) is 12.4. The highest BCUT2D eigenvalue weighted by Gasteiger charge is 2.20. The van der Waals surface area contributed by atoms with Crippen LogP contribution in [0.25, 0.3) is 10.8 Å². The van der Waals surface area contributed by atoms with Gasteiger partial charge in [-0.1, -0.05) is 36.4 Å². The van der Waals surface area contributed by atoms with Gasteiger partial charge in [0.1, 0.15) is 6.10 Å². The van der Waals surface area contributed by atoms with Crippen molar-refractivity contribution in [3.8, 4) is 0 Å². The largest absolute Gasteiger partial charge is 0.389 e. The third-order valence-corrected chi connectivity index (χ3v) is 3.70. The maximum absolute atomic E-state index is 9.97. The molecule has 3 nitrogen and oxygen atoms in total. The van der Waals surface area contributed by atoms with E-state index in [1.807, 2.05) is 30.3 Å². The fourth-order valence-corrected chi connectivity index (χ4v) is 2.54. The van der Waals surface area contributed by atoms with Gasteiger partial charge in [-0.05, 0) is 32.3 Å². The summed E-state index contributed by atoms with van der Waals surface area (Å²) in [6.45, 7) is 0.0282. The second-order valence-electron chi connectivity index (χ2n) is 3.94. The van der Waals surface area contributed by atoms with Gasteiger partial charge < -0.3 is 15.9 Å². The number of rotatable bonds is 3. The number of aliphatic hydroxyl groups excluding tert-OH is 2. The summed E-state index contributed by atoms with van der Waals surface area (Å²) in [4.78, 5) is 0. The second-order valence-corrected chi connectivity index (χ2v) is 4.73. The van der Waals surface area contributed by atoms with Crippen LogP contribution in [0.2, 0.25) is 0 Å². The van der Waals surface area contributed by atoms with Crippen molar-refractivity contribution in [2.24, 2.45) is 5.73 Å². The molecule has 0 spiro atoms. The van der Waals surface area contributed by atoms with E-state index in [-0.39, 0.29) is 6.54 Å². The fraction of sp³-hybridized carbons (Fsp3) is 0.231. The van der Waals surface area contributed by atoms with Gasteiger partial charge in [-0.25, -0.2) is 0 Å². The number of nitrogens with two attached hydrogens (primary N) is 1. The molecule has 2 unspecified atom stereocenters. The van der Waals surface area contributed by atoms with Gasteiger partial charge in [0, 0.05) is 11.0 Å². The predicted octanol–water partition coefficient (Wildman–Crippen LogP) is 1.96. The number of hydrogen-bond acceptors (Lipinski definition) is 3. The van der Waals surface area contributed by atoms with Crippen LogP contribution < -0.4 is 5.73 Å². The maximum Gasteiger partial charge on any atom is 0.107 e. The molecule has 17 heavy (non-hydrogen) atoms. The molecule has 4 heteroatoms. The van der Waals surface area contributed by atoms with Crippen molar-refractivity contribution in [1.29, 1.82) is 0 Å². The minimum atomic E-state index is -0.973. The Labute approximate surface area is 108 Å². The normalized spacial score (nSPS) is 14.8. The van der Waals surface area contributed by atoms with Gasteiger partial charge >= 0.3 is 0 Å². The Bertz CT molecular complexity index is 530. The van der Waals surface area contributed by atoms with Crippen molar-refractivity contribution < 1.29 is 10.2 Å². The average molecular weight is 296 g/mol. The highest BCUT2D eigenvalue weighted by molar-refractivity contribution is 9.10. The van der Waals surface area contributed by atoms with E-state index in [4.69, 9.17) is 5.73 Å². The molecule has 0 amide bonds. The van der Waals surface area contributed by atoms with Crippen LogP contribution in [-0.2, 0) is 0 Å². The number of hydrogen-bond donors (Lipinski definition) is 3. The summed E-state index contributed by atoms with van der Waals surface area (Å²) in [5, 5.41) is 21.6. The molecule has 0 aromatic heterocycles. The molecule has 2 aromatic rings. The highest BCUT2D eigenvalue weighted by atomic mass is 79.9. The van der Waals surface area contributed by atoms with E-state index < -0.39 is 12.2 Å². The third-order valence-electron chi connectivity index (χ3n) is 2.82. The van der Waals surface area contributed by atoms with Crippen LogP contribution >= 0.6 is 15.9 Å². The first-order valence-electron chi connectivity index (χ1n) is 5.38. The molecule has 2 rings (SSSR count). The topological polar surface area (TPSA) is 66.5 Å². The summed E-state index contributed by atoms with van der Waals surface area (Å²) in [5.41, 5.74) is 6.00. The minimum absolute atomic E-state index is 0.0282. The van der Waals surface area contributed by atoms with Crippen molar-refractivity contribution in [1.82, 2.24) is 0 Å². The van der Waals surface area contributed by atoms with Crippen LogP contribution in [-0.4, -0.2) is 22.9 Å². The molecule has 2 aromatic carbocycles.